The van der Waals surface area contributed by atoms with Crippen LogP contribution in [0, 0.1) is 0 Å². The lowest BCUT2D eigenvalue weighted by molar-refractivity contribution is 0.252. The summed E-state index contributed by atoms with van der Waals surface area (Å²) < 4.78 is 1.04. The molecule has 1 aromatic heterocycles. The van der Waals surface area contributed by atoms with Gasteiger partial charge in [0.2, 0.25) is 0 Å². The highest BCUT2D eigenvalue weighted by Gasteiger charge is 2.05. The second-order valence-corrected chi connectivity index (χ2v) is 5.37. The topological polar surface area (TPSA) is 54.0 Å². The first kappa shape index (κ1) is 14.8. The highest BCUT2D eigenvalue weighted by molar-refractivity contribution is 9.10. The van der Waals surface area contributed by atoms with Crippen molar-refractivity contribution in [3.63, 3.8) is 0 Å². The van der Waals surface area contributed by atoms with E-state index in [0.29, 0.717) is 12.2 Å². The first-order chi connectivity index (χ1) is 9.65. The number of aromatic nitrogens is 1. The van der Waals surface area contributed by atoms with Gasteiger partial charge in [0.15, 0.2) is 5.15 Å². The van der Waals surface area contributed by atoms with Crippen molar-refractivity contribution < 1.29 is 4.79 Å². The molecule has 2 amide bonds. The van der Waals surface area contributed by atoms with Crippen molar-refractivity contribution in [3.05, 3.63) is 57.8 Å². The summed E-state index contributed by atoms with van der Waals surface area (Å²) in [5.74, 6) is 0. The van der Waals surface area contributed by atoms with E-state index in [2.05, 4.69) is 31.5 Å². The Kier molecular flexibility index (Phi) is 5.38. The molecule has 0 radical (unpaired) electrons. The number of hydrogen-bond donors (Lipinski definition) is 2. The van der Waals surface area contributed by atoms with Crippen LogP contribution in [0.1, 0.15) is 5.56 Å². The molecule has 0 aliphatic carbocycles. The molecule has 1 aromatic carbocycles. The van der Waals surface area contributed by atoms with Gasteiger partial charge in [0.1, 0.15) is 0 Å². The Balaban J connectivity index is 1.78. The maximum Gasteiger partial charge on any atom is 0.319 e. The highest BCUT2D eigenvalue weighted by Crippen LogP contribution is 2.17. The molecule has 0 atom stereocenters. The van der Waals surface area contributed by atoms with E-state index >= 15 is 0 Å². The average molecular weight is 355 g/mol. The van der Waals surface area contributed by atoms with E-state index < -0.39 is 0 Å². The molecule has 1 heterocycles. The Morgan fingerprint density at radius 1 is 1.25 bits per heavy atom. The molecule has 0 fully saturated rings. The standard InChI is InChI=1S/C14H13BrClN3O/c15-11-5-3-10(4-6-11)7-9-18-14(20)19-12-2-1-8-17-13(12)16/h1-6,8H,7,9H2,(H2,18,19,20). The van der Waals surface area contributed by atoms with Crippen molar-refractivity contribution >= 4 is 39.2 Å². The van der Waals surface area contributed by atoms with Gasteiger partial charge in [-0.2, -0.15) is 0 Å². The smallest absolute Gasteiger partial charge is 0.319 e. The number of nitrogens with zero attached hydrogens (tertiary/aromatic N) is 1. The third kappa shape index (κ3) is 4.51. The van der Waals surface area contributed by atoms with Crippen LogP contribution in [0.5, 0.6) is 0 Å². The van der Waals surface area contributed by atoms with Crippen molar-refractivity contribution in [2.24, 2.45) is 0 Å². The Bertz CT molecular complexity index is 589. The minimum Gasteiger partial charge on any atom is -0.338 e. The van der Waals surface area contributed by atoms with E-state index in [1.54, 1.807) is 18.3 Å². The van der Waals surface area contributed by atoms with Crippen LogP contribution in [0.25, 0.3) is 0 Å². The van der Waals surface area contributed by atoms with Crippen LogP contribution < -0.4 is 10.6 Å². The molecule has 0 saturated heterocycles. The lowest BCUT2D eigenvalue weighted by Gasteiger charge is -2.08. The van der Waals surface area contributed by atoms with Gasteiger partial charge in [-0.1, -0.05) is 39.7 Å². The van der Waals surface area contributed by atoms with E-state index in [1.165, 1.54) is 0 Å². The molecule has 20 heavy (non-hydrogen) atoms. The van der Waals surface area contributed by atoms with E-state index in [1.807, 2.05) is 24.3 Å². The van der Waals surface area contributed by atoms with Crippen molar-refractivity contribution in [2.75, 3.05) is 11.9 Å². The largest absolute Gasteiger partial charge is 0.338 e. The molecular formula is C14H13BrClN3O. The van der Waals surface area contributed by atoms with Crippen LogP contribution >= 0.6 is 27.5 Å². The third-order valence-corrected chi connectivity index (χ3v) is 3.45. The van der Waals surface area contributed by atoms with Crippen LogP contribution in [0.15, 0.2) is 47.1 Å². The number of urea groups is 1. The number of pyridine rings is 1. The Morgan fingerprint density at radius 3 is 2.70 bits per heavy atom. The van der Waals surface area contributed by atoms with Gasteiger partial charge in [0, 0.05) is 17.2 Å². The lowest BCUT2D eigenvalue weighted by atomic mass is 10.1. The van der Waals surface area contributed by atoms with Gasteiger partial charge in [-0.15, -0.1) is 0 Å². The SMILES string of the molecule is O=C(NCCc1ccc(Br)cc1)Nc1cccnc1Cl. The maximum absolute atomic E-state index is 11.7. The fourth-order valence-corrected chi connectivity index (χ4v) is 2.05. The number of nitrogens with one attached hydrogen (secondary N) is 2. The minimum absolute atomic E-state index is 0.274. The van der Waals surface area contributed by atoms with E-state index in [9.17, 15) is 4.79 Å². The van der Waals surface area contributed by atoms with Crippen LogP contribution in [0.3, 0.4) is 0 Å². The summed E-state index contributed by atoms with van der Waals surface area (Å²) in [7, 11) is 0. The number of rotatable bonds is 4. The molecule has 0 aliphatic heterocycles. The summed E-state index contributed by atoms with van der Waals surface area (Å²) >= 11 is 9.24. The van der Waals surface area contributed by atoms with Gasteiger partial charge in [0.25, 0.3) is 0 Å². The molecule has 104 valence electrons. The van der Waals surface area contributed by atoms with Crippen molar-refractivity contribution in [1.29, 1.82) is 0 Å². The lowest BCUT2D eigenvalue weighted by Crippen LogP contribution is -2.30. The Hall–Kier alpha value is -1.59. The molecule has 0 bridgehead atoms. The van der Waals surface area contributed by atoms with Crippen molar-refractivity contribution in [2.45, 2.75) is 6.42 Å². The van der Waals surface area contributed by atoms with Crippen molar-refractivity contribution in [1.82, 2.24) is 10.3 Å². The molecule has 0 unspecified atom stereocenters. The van der Waals surface area contributed by atoms with Crippen LogP contribution in [-0.4, -0.2) is 17.6 Å². The summed E-state index contributed by atoms with van der Waals surface area (Å²) in [6, 6.07) is 11.1. The zero-order valence-electron chi connectivity index (χ0n) is 10.6. The second kappa shape index (κ2) is 7.26. The van der Waals surface area contributed by atoms with Gasteiger partial charge in [-0.25, -0.2) is 9.78 Å². The van der Waals surface area contributed by atoms with Gasteiger partial charge in [-0.3, -0.25) is 0 Å². The number of carbonyl (C=O) groups excluding carboxylic acids is 1. The second-order valence-electron chi connectivity index (χ2n) is 4.10. The van der Waals surface area contributed by atoms with Gasteiger partial charge in [-0.05, 0) is 36.2 Å². The van der Waals surface area contributed by atoms with Crippen LogP contribution in [-0.2, 0) is 6.42 Å². The predicted octanol–water partition coefficient (Wildman–Crippen LogP) is 3.86. The number of halogens is 2. The molecule has 4 nitrogen and oxygen atoms in total. The Labute approximate surface area is 130 Å². The monoisotopic (exact) mass is 353 g/mol. The average Bonchev–Trinajstić information content (AvgIpc) is 2.44. The van der Waals surface area contributed by atoms with E-state index in [4.69, 9.17) is 11.6 Å². The molecule has 0 aliphatic rings. The minimum atomic E-state index is -0.294. The molecule has 2 rings (SSSR count). The van der Waals surface area contributed by atoms with E-state index in [-0.39, 0.29) is 11.2 Å². The molecule has 2 N–H and O–H groups in total. The number of amides is 2. The van der Waals surface area contributed by atoms with Crippen LogP contribution in [0.2, 0.25) is 5.15 Å². The number of benzene rings is 1. The Morgan fingerprint density at radius 2 is 2.00 bits per heavy atom. The number of hydrogen-bond acceptors (Lipinski definition) is 2. The summed E-state index contributed by atoms with van der Waals surface area (Å²) in [6.45, 7) is 0.547. The zero-order chi connectivity index (χ0) is 14.4. The molecular weight excluding hydrogens is 342 g/mol. The first-order valence-corrected chi connectivity index (χ1v) is 7.22. The first-order valence-electron chi connectivity index (χ1n) is 6.05. The molecule has 2 aromatic rings. The quantitative estimate of drug-likeness (QED) is 0.819. The fourth-order valence-electron chi connectivity index (χ4n) is 1.62. The highest BCUT2D eigenvalue weighted by atomic mass is 79.9. The van der Waals surface area contributed by atoms with E-state index in [0.717, 1.165) is 16.5 Å². The third-order valence-electron chi connectivity index (χ3n) is 2.62. The maximum atomic E-state index is 11.7. The molecule has 0 spiro atoms. The normalized spacial score (nSPS) is 10.1. The predicted molar refractivity (Wildman–Crippen MR) is 84.1 cm³/mol. The van der Waals surface area contributed by atoms with Crippen LogP contribution in [0.4, 0.5) is 10.5 Å². The summed E-state index contributed by atoms with van der Waals surface area (Å²) in [5.41, 5.74) is 1.66. The van der Waals surface area contributed by atoms with Gasteiger partial charge in [0.05, 0.1) is 5.69 Å². The number of carbonyl (C=O) groups is 1. The van der Waals surface area contributed by atoms with Crippen molar-refractivity contribution in [3.8, 4) is 0 Å². The van der Waals surface area contributed by atoms with Gasteiger partial charge >= 0.3 is 6.03 Å². The summed E-state index contributed by atoms with van der Waals surface area (Å²) in [5, 5.41) is 5.70. The summed E-state index contributed by atoms with van der Waals surface area (Å²) in [4.78, 5) is 15.6. The van der Waals surface area contributed by atoms with Gasteiger partial charge < -0.3 is 10.6 Å². The fraction of sp³-hybridized carbons (Fsp3) is 0.143. The molecule has 6 heteroatoms. The number of anilines is 1. The summed E-state index contributed by atoms with van der Waals surface area (Å²) in [6.07, 6.45) is 2.33. The zero-order valence-corrected chi connectivity index (χ0v) is 12.9. The molecule has 0 saturated carbocycles.